The predicted octanol–water partition coefficient (Wildman–Crippen LogP) is 4.55. The molecule has 3 heteroatoms. The average molecular weight is 330 g/mol. The average Bonchev–Trinajstić information content (AvgIpc) is 3.37. The molecule has 25 heavy (non-hydrogen) atoms. The second kappa shape index (κ2) is 6.54. The summed E-state index contributed by atoms with van der Waals surface area (Å²) in [4.78, 5) is 12.6. The number of benzene rings is 3. The smallest absolute Gasteiger partial charge is 0.340 e. The zero-order valence-electron chi connectivity index (χ0n) is 13.7. The van der Waals surface area contributed by atoms with Gasteiger partial charge in [0.05, 0.1) is 5.56 Å². The molecule has 0 bridgehead atoms. The molecule has 124 valence electrons. The number of ether oxygens (including phenoxy) is 2. The van der Waals surface area contributed by atoms with Crippen molar-refractivity contribution >= 4 is 5.97 Å². The summed E-state index contributed by atoms with van der Waals surface area (Å²) < 4.78 is 11.8. The highest BCUT2D eigenvalue weighted by Crippen LogP contribution is 2.52. The van der Waals surface area contributed by atoms with Crippen molar-refractivity contribution in [2.24, 2.45) is 0 Å². The van der Waals surface area contributed by atoms with Crippen LogP contribution in [0.4, 0.5) is 0 Å². The first-order valence-corrected chi connectivity index (χ1v) is 8.32. The van der Waals surface area contributed by atoms with Gasteiger partial charge in [-0.2, -0.15) is 0 Å². The molecule has 3 nitrogen and oxygen atoms in total. The lowest BCUT2D eigenvalue weighted by molar-refractivity contribution is -0.0179. The van der Waals surface area contributed by atoms with E-state index < -0.39 is 5.79 Å². The zero-order valence-corrected chi connectivity index (χ0v) is 13.7. The molecule has 0 N–H and O–H groups in total. The second-order valence-electron chi connectivity index (χ2n) is 6.14. The minimum absolute atomic E-state index is 0.249. The molecule has 1 fully saturated rings. The van der Waals surface area contributed by atoms with Crippen LogP contribution in [0.25, 0.3) is 0 Å². The van der Waals surface area contributed by atoms with Crippen molar-refractivity contribution in [1.82, 2.24) is 0 Å². The van der Waals surface area contributed by atoms with Crippen molar-refractivity contribution in [2.75, 3.05) is 0 Å². The largest absolute Gasteiger partial charge is 0.426 e. The van der Waals surface area contributed by atoms with Crippen molar-refractivity contribution in [2.45, 2.75) is 18.3 Å². The summed E-state index contributed by atoms with van der Waals surface area (Å²) >= 11 is 0. The number of rotatable bonds is 5. The van der Waals surface area contributed by atoms with Crippen molar-refractivity contribution in [3.8, 4) is 0 Å². The van der Waals surface area contributed by atoms with Crippen molar-refractivity contribution in [3.05, 3.63) is 108 Å². The summed E-state index contributed by atoms with van der Waals surface area (Å²) in [6.07, 6.45) is 0.271. The SMILES string of the molecule is O=C(O[C@@]1(Cc2ccccc2)O[C@@H]1c1ccccc1)c1ccccc1. The summed E-state index contributed by atoms with van der Waals surface area (Å²) in [6.45, 7) is 0. The van der Waals surface area contributed by atoms with E-state index >= 15 is 0 Å². The van der Waals surface area contributed by atoms with Crippen molar-refractivity contribution < 1.29 is 14.3 Å². The molecule has 1 aliphatic rings. The molecule has 3 aromatic rings. The van der Waals surface area contributed by atoms with E-state index in [0.717, 1.165) is 11.1 Å². The lowest BCUT2D eigenvalue weighted by atomic mass is 10.0. The van der Waals surface area contributed by atoms with Gasteiger partial charge in [0, 0.05) is 6.42 Å². The van der Waals surface area contributed by atoms with Gasteiger partial charge in [0.15, 0.2) is 6.10 Å². The Kier molecular flexibility index (Phi) is 4.08. The lowest BCUT2D eigenvalue weighted by Crippen LogP contribution is -2.25. The first kappa shape index (κ1) is 15.6. The molecule has 0 unspecified atom stereocenters. The summed E-state index contributed by atoms with van der Waals surface area (Å²) in [6, 6.07) is 28.8. The van der Waals surface area contributed by atoms with Gasteiger partial charge in [0.25, 0.3) is 0 Å². The number of hydrogen-bond acceptors (Lipinski definition) is 3. The van der Waals surface area contributed by atoms with Gasteiger partial charge < -0.3 is 9.47 Å². The summed E-state index contributed by atoms with van der Waals surface area (Å²) in [5, 5.41) is 0. The first-order chi connectivity index (χ1) is 12.3. The molecule has 1 saturated heterocycles. The van der Waals surface area contributed by atoms with Gasteiger partial charge in [-0.25, -0.2) is 4.79 Å². The number of carbonyl (C=O) groups excluding carboxylic acids is 1. The van der Waals surface area contributed by atoms with Crippen LogP contribution < -0.4 is 0 Å². The number of esters is 1. The third kappa shape index (κ3) is 3.32. The lowest BCUT2D eigenvalue weighted by Gasteiger charge is -2.15. The Morgan fingerprint density at radius 3 is 2.04 bits per heavy atom. The van der Waals surface area contributed by atoms with E-state index in [-0.39, 0.29) is 12.1 Å². The van der Waals surface area contributed by atoms with Gasteiger partial charge in [-0.15, -0.1) is 0 Å². The van der Waals surface area contributed by atoms with E-state index in [2.05, 4.69) is 0 Å². The summed E-state index contributed by atoms with van der Waals surface area (Å²) in [7, 11) is 0. The molecule has 1 heterocycles. The Morgan fingerprint density at radius 2 is 1.40 bits per heavy atom. The zero-order chi connectivity index (χ0) is 17.1. The summed E-state index contributed by atoms with van der Waals surface area (Å²) in [5.41, 5.74) is 2.61. The Morgan fingerprint density at radius 1 is 0.840 bits per heavy atom. The number of carbonyl (C=O) groups is 1. The fourth-order valence-corrected chi connectivity index (χ4v) is 3.03. The van der Waals surface area contributed by atoms with Gasteiger partial charge in [-0.05, 0) is 23.3 Å². The molecule has 4 rings (SSSR count). The second-order valence-corrected chi connectivity index (χ2v) is 6.14. The molecule has 0 radical (unpaired) electrons. The molecule has 2 atom stereocenters. The summed E-state index contributed by atoms with van der Waals surface area (Å²) in [5.74, 6) is -1.31. The standard InChI is InChI=1S/C22H18O3/c23-21(19-14-8-3-9-15-19)25-22(16-17-10-4-1-5-11-17)20(24-22)18-12-6-2-7-13-18/h1-15,20H,16H2/t20-,22-/m1/s1. The highest BCUT2D eigenvalue weighted by atomic mass is 16.8. The van der Waals surface area contributed by atoms with Crippen LogP contribution in [-0.4, -0.2) is 11.8 Å². The Balaban J connectivity index is 1.60. The quantitative estimate of drug-likeness (QED) is 0.509. The van der Waals surface area contributed by atoms with Crippen LogP contribution in [0, 0.1) is 0 Å². The normalized spacial score (nSPS) is 21.5. The third-order valence-electron chi connectivity index (χ3n) is 4.33. The third-order valence-corrected chi connectivity index (χ3v) is 4.33. The maximum absolute atomic E-state index is 12.6. The predicted molar refractivity (Wildman–Crippen MR) is 95.0 cm³/mol. The van der Waals surface area contributed by atoms with E-state index in [1.165, 1.54) is 0 Å². The minimum atomic E-state index is -0.949. The maximum Gasteiger partial charge on any atom is 0.340 e. The van der Waals surface area contributed by atoms with Crippen LogP contribution in [-0.2, 0) is 15.9 Å². The molecule has 0 amide bonds. The molecular formula is C22H18O3. The maximum atomic E-state index is 12.6. The van der Waals surface area contributed by atoms with Crippen LogP contribution in [0.2, 0.25) is 0 Å². The number of epoxide rings is 1. The van der Waals surface area contributed by atoms with E-state index in [9.17, 15) is 4.79 Å². The van der Waals surface area contributed by atoms with E-state index in [1.54, 1.807) is 12.1 Å². The number of hydrogen-bond donors (Lipinski definition) is 0. The fourth-order valence-electron chi connectivity index (χ4n) is 3.03. The molecule has 1 aliphatic heterocycles. The van der Waals surface area contributed by atoms with Crippen LogP contribution in [0.3, 0.4) is 0 Å². The highest BCUT2D eigenvalue weighted by Gasteiger charge is 2.61. The van der Waals surface area contributed by atoms with Crippen LogP contribution in [0.1, 0.15) is 27.6 Å². The minimum Gasteiger partial charge on any atom is -0.426 e. The van der Waals surface area contributed by atoms with Crippen LogP contribution in [0.15, 0.2) is 91.0 Å². The van der Waals surface area contributed by atoms with E-state index in [1.807, 2.05) is 78.9 Å². The van der Waals surface area contributed by atoms with Gasteiger partial charge in [-0.1, -0.05) is 78.9 Å². The highest BCUT2D eigenvalue weighted by molar-refractivity contribution is 5.89. The Labute approximate surface area is 146 Å². The molecular weight excluding hydrogens is 312 g/mol. The molecule has 0 aromatic heterocycles. The fraction of sp³-hybridized carbons (Fsp3) is 0.136. The molecule has 0 spiro atoms. The van der Waals surface area contributed by atoms with Crippen molar-refractivity contribution in [3.63, 3.8) is 0 Å². The van der Waals surface area contributed by atoms with Gasteiger partial charge in [-0.3, -0.25) is 0 Å². The van der Waals surface area contributed by atoms with Gasteiger partial charge >= 0.3 is 5.97 Å². The van der Waals surface area contributed by atoms with Crippen molar-refractivity contribution in [1.29, 1.82) is 0 Å². The monoisotopic (exact) mass is 330 g/mol. The Bertz CT molecular complexity index is 846. The topological polar surface area (TPSA) is 38.8 Å². The van der Waals surface area contributed by atoms with Gasteiger partial charge in [0.2, 0.25) is 5.79 Å². The van der Waals surface area contributed by atoms with Crippen LogP contribution >= 0.6 is 0 Å². The molecule has 0 aliphatic carbocycles. The van der Waals surface area contributed by atoms with E-state index in [4.69, 9.17) is 9.47 Å². The van der Waals surface area contributed by atoms with Crippen LogP contribution in [0.5, 0.6) is 0 Å². The molecule has 0 saturated carbocycles. The first-order valence-electron chi connectivity index (χ1n) is 8.32. The Hall–Kier alpha value is -2.91. The van der Waals surface area contributed by atoms with Gasteiger partial charge in [0.1, 0.15) is 0 Å². The molecule has 3 aromatic carbocycles. The van der Waals surface area contributed by atoms with E-state index in [0.29, 0.717) is 12.0 Å².